The average molecular weight is 498 g/mol. The molecule has 1 aromatic carbocycles. The van der Waals surface area contributed by atoms with Crippen LogP contribution >= 0.6 is 0 Å². The number of fused-ring (bicyclic) bond motifs is 1. The third-order valence-corrected chi connectivity index (χ3v) is 7.80. The lowest BCUT2D eigenvalue weighted by Crippen LogP contribution is -2.62. The number of piperazine rings is 1. The Morgan fingerprint density at radius 3 is 2.50 bits per heavy atom. The minimum Gasteiger partial charge on any atom is -0.493 e. The molecule has 1 N–H and O–H groups in total. The van der Waals surface area contributed by atoms with Crippen LogP contribution in [0, 0.1) is 17.8 Å². The number of benzene rings is 1. The van der Waals surface area contributed by atoms with Gasteiger partial charge in [-0.25, -0.2) is 0 Å². The lowest BCUT2D eigenvalue weighted by atomic mass is 9.94. The van der Waals surface area contributed by atoms with Crippen LogP contribution in [0.2, 0.25) is 0 Å². The van der Waals surface area contributed by atoms with Gasteiger partial charge < -0.3 is 19.9 Å². The predicted molar refractivity (Wildman–Crippen MR) is 140 cm³/mol. The van der Waals surface area contributed by atoms with Gasteiger partial charge in [0.2, 0.25) is 11.8 Å². The molecule has 2 amide bonds. The second kappa shape index (κ2) is 11.8. The average Bonchev–Trinajstić information content (AvgIpc) is 3.23. The van der Waals surface area contributed by atoms with Crippen LogP contribution in [-0.4, -0.2) is 72.3 Å². The molecule has 0 aromatic heterocycles. The molecule has 2 heterocycles. The molecule has 0 spiro atoms. The highest BCUT2D eigenvalue weighted by atomic mass is 16.5. The van der Waals surface area contributed by atoms with E-state index >= 15 is 0 Å². The Balaban J connectivity index is 1.34. The number of carbonyl (C=O) groups excluding carboxylic acids is 3. The number of ketones is 1. The van der Waals surface area contributed by atoms with E-state index in [0.29, 0.717) is 62.6 Å². The van der Waals surface area contributed by atoms with Crippen LogP contribution in [0.5, 0.6) is 5.75 Å². The molecule has 2 atom stereocenters. The Labute approximate surface area is 215 Å². The van der Waals surface area contributed by atoms with Gasteiger partial charge in [0.05, 0.1) is 18.2 Å². The molecule has 198 valence electrons. The number of amides is 2. The first-order chi connectivity index (χ1) is 17.2. The quantitative estimate of drug-likeness (QED) is 0.563. The highest BCUT2D eigenvalue weighted by molar-refractivity contribution is 6.02. The maximum atomic E-state index is 13.7. The number of hydrogen-bond donors (Lipinski definition) is 1. The van der Waals surface area contributed by atoms with Crippen molar-refractivity contribution in [2.24, 2.45) is 17.8 Å². The van der Waals surface area contributed by atoms with E-state index in [9.17, 15) is 14.4 Å². The first kappa shape index (κ1) is 26.6. The van der Waals surface area contributed by atoms with E-state index in [4.69, 9.17) is 4.74 Å². The van der Waals surface area contributed by atoms with Crippen molar-refractivity contribution in [2.45, 2.75) is 78.3 Å². The zero-order valence-electron chi connectivity index (χ0n) is 22.4. The molecule has 36 heavy (non-hydrogen) atoms. The fourth-order valence-corrected chi connectivity index (χ4v) is 5.86. The Bertz CT molecular complexity index is 952. The van der Waals surface area contributed by atoms with Gasteiger partial charge in [0.15, 0.2) is 5.78 Å². The number of ether oxygens (including phenoxy) is 1. The summed E-state index contributed by atoms with van der Waals surface area (Å²) in [6.45, 7) is 11.7. The lowest BCUT2D eigenvalue weighted by molar-refractivity contribution is -0.150. The summed E-state index contributed by atoms with van der Waals surface area (Å²) in [6.07, 6.45) is 4.59. The van der Waals surface area contributed by atoms with Crippen molar-refractivity contribution in [3.63, 3.8) is 0 Å². The van der Waals surface area contributed by atoms with Crippen molar-refractivity contribution in [1.29, 1.82) is 0 Å². The maximum absolute atomic E-state index is 13.7. The highest BCUT2D eigenvalue weighted by Crippen LogP contribution is 2.31. The molecular formula is C29H43N3O4. The van der Waals surface area contributed by atoms with Crippen molar-refractivity contribution < 1.29 is 19.1 Å². The number of aryl methyl sites for hydroxylation is 1. The lowest BCUT2D eigenvalue weighted by Gasteiger charge is -2.42. The molecule has 4 rings (SSSR count). The fourth-order valence-electron chi connectivity index (χ4n) is 5.86. The van der Waals surface area contributed by atoms with Crippen molar-refractivity contribution in [2.75, 3.05) is 32.8 Å². The molecule has 1 aromatic rings. The Morgan fingerprint density at radius 2 is 1.81 bits per heavy atom. The smallest absolute Gasteiger partial charge is 0.245 e. The molecule has 3 aliphatic rings. The summed E-state index contributed by atoms with van der Waals surface area (Å²) in [4.78, 5) is 43.1. The zero-order chi connectivity index (χ0) is 25.8. The normalized spacial score (nSPS) is 21.9. The number of piperidine rings is 1. The van der Waals surface area contributed by atoms with Crippen LogP contribution in [0.15, 0.2) is 18.2 Å². The first-order valence-corrected chi connectivity index (χ1v) is 13.8. The molecule has 7 heteroatoms. The summed E-state index contributed by atoms with van der Waals surface area (Å²) < 4.78 is 6.12. The van der Waals surface area contributed by atoms with Gasteiger partial charge in [-0.1, -0.05) is 39.8 Å². The fraction of sp³-hybridized carbons (Fsp3) is 0.690. The maximum Gasteiger partial charge on any atom is 0.245 e. The minimum atomic E-state index is -0.389. The number of nitrogens with one attached hydrogen (secondary N) is 1. The van der Waals surface area contributed by atoms with Gasteiger partial charge in [0, 0.05) is 32.6 Å². The van der Waals surface area contributed by atoms with Crippen LogP contribution in [-0.2, 0) is 16.0 Å². The van der Waals surface area contributed by atoms with Gasteiger partial charge in [0.25, 0.3) is 0 Å². The number of hydrogen-bond acceptors (Lipinski definition) is 5. The van der Waals surface area contributed by atoms with Crippen molar-refractivity contribution in [3.8, 4) is 5.75 Å². The number of Topliss-reactive ketones (excluding diaryl/α,β-unsaturated/α-hetero) is 1. The number of nitrogens with zero attached hydrogens (tertiary/aromatic N) is 2. The van der Waals surface area contributed by atoms with Gasteiger partial charge >= 0.3 is 0 Å². The summed E-state index contributed by atoms with van der Waals surface area (Å²) >= 11 is 0. The molecule has 2 saturated heterocycles. The van der Waals surface area contributed by atoms with Crippen LogP contribution in [0.1, 0.15) is 75.7 Å². The summed E-state index contributed by atoms with van der Waals surface area (Å²) in [5.41, 5.74) is 1.85. The molecular weight excluding hydrogens is 454 g/mol. The van der Waals surface area contributed by atoms with Crippen LogP contribution < -0.4 is 10.1 Å². The zero-order valence-corrected chi connectivity index (χ0v) is 22.4. The van der Waals surface area contributed by atoms with E-state index in [1.54, 1.807) is 0 Å². The number of likely N-dealkylation sites (tertiary alicyclic amines) is 1. The second-order valence-electron chi connectivity index (χ2n) is 11.6. The highest BCUT2D eigenvalue weighted by Gasteiger charge is 2.39. The van der Waals surface area contributed by atoms with E-state index in [1.165, 1.54) is 0 Å². The molecule has 0 saturated carbocycles. The predicted octanol–water partition coefficient (Wildman–Crippen LogP) is 3.69. The van der Waals surface area contributed by atoms with Gasteiger partial charge in [0.1, 0.15) is 11.8 Å². The molecule has 2 aliphatic heterocycles. The molecule has 0 unspecified atom stereocenters. The Kier molecular flexibility index (Phi) is 8.70. The summed E-state index contributed by atoms with van der Waals surface area (Å²) in [6, 6.07) is 5.29. The van der Waals surface area contributed by atoms with Gasteiger partial charge in [-0.3, -0.25) is 14.4 Å². The number of carbonyl (C=O) groups is 3. The second-order valence-corrected chi connectivity index (χ2v) is 11.6. The molecule has 1 aliphatic carbocycles. The minimum absolute atomic E-state index is 0.0715. The summed E-state index contributed by atoms with van der Waals surface area (Å²) in [5.74, 6) is 2.14. The Morgan fingerprint density at radius 1 is 1.06 bits per heavy atom. The van der Waals surface area contributed by atoms with Gasteiger partial charge in [-0.2, -0.15) is 0 Å². The topological polar surface area (TPSA) is 79.0 Å². The van der Waals surface area contributed by atoms with Crippen LogP contribution in [0.3, 0.4) is 0 Å². The van der Waals surface area contributed by atoms with E-state index < -0.39 is 0 Å². The van der Waals surface area contributed by atoms with E-state index in [0.717, 1.165) is 43.4 Å². The monoisotopic (exact) mass is 497 g/mol. The molecule has 2 fully saturated rings. The van der Waals surface area contributed by atoms with Crippen molar-refractivity contribution >= 4 is 17.6 Å². The first-order valence-electron chi connectivity index (χ1n) is 13.8. The Hall–Kier alpha value is -2.41. The number of rotatable bonds is 9. The molecule has 7 nitrogen and oxygen atoms in total. The van der Waals surface area contributed by atoms with Gasteiger partial charge in [-0.05, 0) is 61.5 Å². The summed E-state index contributed by atoms with van der Waals surface area (Å²) in [7, 11) is 0. The summed E-state index contributed by atoms with van der Waals surface area (Å²) in [5, 5.41) is 3.36. The third-order valence-electron chi connectivity index (χ3n) is 7.80. The van der Waals surface area contributed by atoms with Crippen molar-refractivity contribution in [3.05, 3.63) is 29.3 Å². The van der Waals surface area contributed by atoms with E-state index in [-0.39, 0.29) is 29.7 Å². The van der Waals surface area contributed by atoms with Gasteiger partial charge in [-0.15, -0.1) is 0 Å². The standard InChI is InChI=1S/C29H43N3O4/c1-19(2)16-23-28(34)32(15-12-30-23)24(17-20(3)4)29(35)31-13-10-21(11-14-31)18-36-26-7-5-6-22-8-9-25(33)27(22)26/h5-7,19-21,23-24,30H,8-18H2,1-4H3/t23-,24-/m0/s1. The third kappa shape index (κ3) is 6.10. The largest absolute Gasteiger partial charge is 0.493 e. The van der Waals surface area contributed by atoms with Crippen molar-refractivity contribution in [1.82, 2.24) is 15.1 Å². The van der Waals surface area contributed by atoms with Crippen LogP contribution in [0.4, 0.5) is 0 Å². The SMILES string of the molecule is CC(C)C[C@@H]1NCCN([C@@H](CC(C)C)C(=O)N2CCC(COc3cccc4c3C(=O)CC4)CC2)C1=O. The van der Waals surface area contributed by atoms with E-state index in [1.807, 2.05) is 28.0 Å². The molecule has 0 bridgehead atoms. The molecule has 0 radical (unpaired) electrons. The van der Waals surface area contributed by atoms with E-state index in [2.05, 4.69) is 33.0 Å². The van der Waals surface area contributed by atoms with Crippen LogP contribution in [0.25, 0.3) is 0 Å².